The van der Waals surface area contributed by atoms with Crippen molar-refractivity contribution in [2.45, 2.75) is 13.2 Å². The minimum Gasteiger partial charge on any atom is -0.429 e. The zero-order chi connectivity index (χ0) is 12.8. The van der Waals surface area contributed by atoms with Gasteiger partial charge in [-0.2, -0.15) is 11.8 Å². The summed E-state index contributed by atoms with van der Waals surface area (Å²) in [7, 11) is 0. The molecule has 1 heterocycles. The zero-order valence-corrected chi connectivity index (χ0v) is 10.4. The van der Waals surface area contributed by atoms with Crippen LogP contribution in [0.15, 0.2) is 24.5 Å². The van der Waals surface area contributed by atoms with Crippen LogP contribution in [0.2, 0.25) is 0 Å². The molecule has 1 aliphatic rings. The Morgan fingerprint density at radius 2 is 2.06 bits per heavy atom. The van der Waals surface area contributed by atoms with Crippen LogP contribution in [0.5, 0.6) is 0 Å². The van der Waals surface area contributed by atoms with Gasteiger partial charge in [-0.3, -0.25) is 0 Å². The standard InChI is InChI=1S/C11H14O5S/c1-7(2)10(12)15-8(3)11(13)16-9-6-17-5-4-14-9/h9H,1,3-6H2,2H3. The molecule has 0 radical (unpaired) electrons. The van der Waals surface area contributed by atoms with Crippen molar-refractivity contribution in [1.82, 2.24) is 0 Å². The first-order chi connectivity index (χ1) is 8.00. The van der Waals surface area contributed by atoms with E-state index in [9.17, 15) is 9.59 Å². The Hall–Kier alpha value is -1.27. The summed E-state index contributed by atoms with van der Waals surface area (Å²) in [4.78, 5) is 22.6. The van der Waals surface area contributed by atoms with E-state index in [2.05, 4.69) is 17.9 Å². The van der Waals surface area contributed by atoms with Gasteiger partial charge in [0.25, 0.3) is 0 Å². The van der Waals surface area contributed by atoms with E-state index >= 15 is 0 Å². The van der Waals surface area contributed by atoms with Crippen molar-refractivity contribution in [1.29, 1.82) is 0 Å². The van der Waals surface area contributed by atoms with E-state index in [1.54, 1.807) is 11.8 Å². The lowest BCUT2D eigenvalue weighted by molar-refractivity contribution is -0.174. The molecule has 0 N–H and O–H groups in total. The van der Waals surface area contributed by atoms with Gasteiger partial charge in [0.2, 0.25) is 12.0 Å². The summed E-state index contributed by atoms with van der Waals surface area (Å²) in [6, 6.07) is 0. The summed E-state index contributed by atoms with van der Waals surface area (Å²) in [5, 5.41) is 0. The molecule has 0 amide bonds. The number of thioether (sulfide) groups is 1. The fourth-order valence-corrected chi connectivity index (χ4v) is 1.70. The molecule has 0 aromatic rings. The van der Waals surface area contributed by atoms with Crippen molar-refractivity contribution in [2.75, 3.05) is 18.1 Å². The van der Waals surface area contributed by atoms with E-state index < -0.39 is 18.2 Å². The van der Waals surface area contributed by atoms with Gasteiger partial charge in [-0.25, -0.2) is 9.59 Å². The highest BCUT2D eigenvalue weighted by Gasteiger charge is 2.22. The fourth-order valence-electron chi connectivity index (χ4n) is 0.960. The Balaban J connectivity index is 2.38. The summed E-state index contributed by atoms with van der Waals surface area (Å²) in [5.74, 6) is -0.428. The quantitative estimate of drug-likeness (QED) is 0.429. The second-order valence-corrected chi connectivity index (χ2v) is 4.52. The van der Waals surface area contributed by atoms with E-state index in [1.165, 1.54) is 6.92 Å². The average Bonchev–Trinajstić information content (AvgIpc) is 2.29. The molecule has 0 aliphatic carbocycles. The van der Waals surface area contributed by atoms with Crippen molar-refractivity contribution in [3.05, 3.63) is 24.5 Å². The van der Waals surface area contributed by atoms with E-state index in [0.29, 0.717) is 12.4 Å². The maximum atomic E-state index is 11.5. The number of carbonyl (C=O) groups excluding carboxylic acids is 2. The van der Waals surface area contributed by atoms with Crippen molar-refractivity contribution in [3.8, 4) is 0 Å². The SMILES string of the molecule is C=C(C)C(=O)OC(=C)C(=O)OC1CSCCO1. The smallest absolute Gasteiger partial charge is 0.376 e. The second-order valence-electron chi connectivity index (χ2n) is 3.37. The van der Waals surface area contributed by atoms with Crippen LogP contribution in [0.3, 0.4) is 0 Å². The molecule has 5 nitrogen and oxygen atoms in total. The van der Waals surface area contributed by atoms with Gasteiger partial charge in [0.15, 0.2) is 0 Å². The van der Waals surface area contributed by atoms with Crippen molar-refractivity contribution in [2.24, 2.45) is 0 Å². The summed E-state index contributed by atoms with van der Waals surface area (Å²) < 4.78 is 14.8. The molecule has 0 aromatic carbocycles. The monoisotopic (exact) mass is 258 g/mol. The van der Waals surface area contributed by atoms with Crippen LogP contribution in [0.1, 0.15) is 6.92 Å². The molecule has 0 spiro atoms. The maximum Gasteiger partial charge on any atom is 0.376 e. The molecule has 1 atom stereocenters. The number of rotatable bonds is 4. The first-order valence-electron chi connectivity index (χ1n) is 4.97. The molecule has 1 aliphatic heterocycles. The van der Waals surface area contributed by atoms with Crippen LogP contribution < -0.4 is 0 Å². The number of hydrogen-bond donors (Lipinski definition) is 0. The fraction of sp³-hybridized carbons (Fsp3) is 0.455. The Labute approximate surface area is 104 Å². The molecule has 6 heteroatoms. The van der Waals surface area contributed by atoms with Crippen LogP contribution in [-0.2, 0) is 23.8 Å². The molecule has 0 aromatic heterocycles. The van der Waals surface area contributed by atoms with E-state index in [0.717, 1.165) is 5.75 Å². The largest absolute Gasteiger partial charge is 0.429 e. The van der Waals surface area contributed by atoms with Gasteiger partial charge < -0.3 is 14.2 Å². The van der Waals surface area contributed by atoms with Crippen LogP contribution in [0.4, 0.5) is 0 Å². The Morgan fingerprint density at radius 1 is 1.35 bits per heavy atom. The lowest BCUT2D eigenvalue weighted by Crippen LogP contribution is -2.29. The van der Waals surface area contributed by atoms with E-state index in [1.807, 2.05) is 0 Å². The Morgan fingerprint density at radius 3 is 2.59 bits per heavy atom. The average molecular weight is 258 g/mol. The van der Waals surface area contributed by atoms with E-state index in [-0.39, 0.29) is 11.3 Å². The van der Waals surface area contributed by atoms with Gasteiger partial charge in [-0.15, -0.1) is 0 Å². The van der Waals surface area contributed by atoms with Gasteiger partial charge >= 0.3 is 11.9 Å². The maximum absolute atomic E-state index is 11.5. The molecule has 17 heavy (non-hydrogen) atoms. The van der Waals surface area contributed by atoms with Gasteiger partial charge in [-0.1, -0.05) is 6.58 Å². The van der Waals surface area contributed by atoms with Crippen LogP contribution in [0.25, 0.3) is 0 Å². The molecule has 94 valence electrons. The lowest BCUT2D eigenvalue weighted by atomic mass is 10.4. The third kappa shape index (κ3) is 4.62. The molecule has 1 saturated heterocycles. The van der Waals surface area contributed by atoms with Crippen molar-refractivity contribution < 1.29 is 23.8 Å². The Bertz CT molecular complexity index is 344. The van der Waals surface area contributed by atoms with Gasteiger partial charge in [-0.05, 0) is 13.5 Å². The van der Waals surface area contributed by atoms with Crippen LogP contribution in [-0.4, -0.2) is 36.3 Å². The summed E-state index contributed by atoms with van der Waals surface area (Å²) in [5.41, 5.74) is 0.184. The highest BCUT2D eigenvalue weighted by atomic mass is 32.2. The first kappa shape index (κ1) is 13.8. The molecule has 1 unspecified atom stereocenters. The van der Waals surface area contributed by atoms with E-state index in [4.69, 9.17) is 9.47 Å². The molecule has 1 rings (SSSR count). The van der Waals surface area contributed by atoms with Gasteiger partial charge in [0, 0.05) is 11.3 Å². The number of hydrogen-bond acceptors (Lipinski definition) is 6. The minimum absolute atomic E-state index is 0.184. The molecule has 0 saturated carbocycles. The topological polar surface area (TPSA) is 61.8 Å². The predicted molar refractivity (Wildman–Crippen MR) is 63.2 cm³/mol. The normalized spacial score (nSPS) is 19.2. The molecular formula is C11H14O5S. The third-order valence-electron chi connectivity index (χ3n) is 1.82. The van der Waals surface area contributed by atoms with Crippen molar-refractivity contribution in [3.63, 3.8) is 0 Å². The molecule has 0 bridgehead atoms. The first-order valence-corrected chi connectivity index (χ1v) is 6.13. The second kappa shape index (κ2) is 6.46. The van der Waals surface area contributed by atoms with Crippen molar-refractivity contribution >= 4 is 23.7 Å². The predicted octanol–water partition coefficient (Wildman–Crippen LogP) is 1.25. The summed E-state index contributed by atoms with van der Waals surface area (Å²) >= 11 is 1.62. The summed E-state index contributed by atoms with van der Waals surface area (Å²) in [6.07, 6.45) is -0.610. The number of carbonyl (C=O) groups is 2. The number of ether oxygens (including phenoxy) is 3. The molecular weight excluding hydrogens is 244 g/mol. The molecule has 1 fully saturated rings. The van der Waals surface area contributed by atoms with Gasteiger partial charge in [0.1, 0.15) is 0 Å². The number of esters is 2. The minimum atomic E-state index is -0.799. The summed E-state index contributed by atoms with van der Waals surface area (Å²) in [6.45, 7) is 8.71. The van der Waals surface area contributed by atoms with Crippen LogP contribution >= 0.6 is 11.8 Å². The zero-order valence-electron chi connectivity index (χ0n) is 9.56. The Kier molecular flexibility index (Phi) is 5.24. The third-order valence-corrected chi connectivity index (χ3v) is 2.78. The highest BCUT2D eigenvalue weighted by Crippen LogP contribution is 2.15. The lowest BCUT2D eigenvalue weighted by Gasteiger charge is -2.22. The highest BCUT2D eigenvalue weighted by molar-refractivity contribution is 7.99. The van der Waals surface area contributed by atoms with Crippen LogP contribution in [0, 0.1) is 0 Å². The van der Waals surface area contributed by atoms with Gasteiger partial charge in [0.05, 0.1) is 12.4 Å².